The van der Waals surface area contributed by atoms with Gasteiger partial charge in [0.25, 0.3) is 0 Å². The van der Waals surface area contributed by atoms with Gasteiger partial charge in [0.1, 0.15) is 0 Å². The highest BCUT2D eigenvalue weighted by Gasteiger charge is 2.23. The van der Waals surface area contributed by atoms with Crippen molar-refractivity contribution in [2.75, 3.05) is 46.1 Å². The van der Waals surface area contributed by atoms with Gasteiger partial charge in [-0.2, -0.15) is 0 Å². The lowest BCUT2D eigenvalue weighted by molar-refractivity contribution is -0.148. The largest absolute Gasteiger partial charge is 0.490 e. The minimum absolute atomic E-state index is 0.383. The Morgan fingerprint density at radius 2 is 1.80 bits per heavy atom. The summed E-state index contributed by atoms with van der Waals surface area (Å²) in [6, 6.07) is 5.71. The van der Waals surface area contributed by atoms with Gasteiger partial charge >= 0.3 is 11.8 Å². The summed E-state index contributed by atoms with van der Waals surface area (Å²) in [4.78, 5) is 25.5. The summed E-state index contributed by atoms with van der Waals surface area (Å²) in [5, 5.41) is 2.68. The second-order valence-electron chi connectivity index (χ2n) is 5.56. The first-order valence-electron chi connectivity index (χ1n) is 8.69. The molecule has 1 fully saturated rings. The third-order valence-corrected chi connectivity index (χ3v) is 3.80. The van der Waals surface area contributed by atoms with Crippen LogP contribution in [0.25, 0.3) is 0 Å². The number of nitrogens with one attached hydrogen (secondary N) is 1. The fraction of sp³-hybridized carbons (Fsp3) is 0.556. The van der Waals surface area contributed by atoms with E-state index in [2.05, 4.69) is 5.32 Å². The van der Waals surface area contributed by atoms with Crippen LogP contribution in [0.2, 0.25) is 0 Å². The third-order valence-electron chi connectivity index (χ3n) is 3.80. The molecule has 0 atom stereocenters. The summed E-state index contributed by atoms with van der Waals surface area (Å²) in [6.07, 6.45) is 0.606. The lowest BCUT2D eigenvalue weighted by Crippen LogP contribution is -2.48. The Balaban J connectivity index is 1.85. The molecule has 7 nitrogen and oxygen atoms in total. The van der Waals surface area contributed by atoms with Crippen molar-refractivity contribution >= 4 is 11.8 Å². The van der Waals surface area contributed by atoms with Crippen LogP contribution in [0.5, 0.6) is 11.5 Å². The smallest absolute Gasteiger partial charge is 0.312 e. The van der Waals surface area contributed by atoms with Crippen molar-refractivity contribution in [3.8, 4) is 11.5 Å². The molecule has 1 saturated heterocycles. The Morgan fingerprint density at radius 3 is 2.48 bits per heavy atom. The molecular weight excluding hydrogens is 324 g/mol. The Bertz CT molecular complexity index is 585. The molecule has 0 aromatic heterocycles. The monoisotopic (exact) mass is 350 g/mol. The Hall–Kier alpha value is -2.28. The van der Waals surface area contributed by atoms with Crippen LogP contribution in [-0.4, -0.2) is 62.8 Å². The van der Waals surface area contributed by atoms with Crippen LogP contribution in [0.4, 0.5) is 0 Å². The topological polar surface area (TPSA) is 77.1 Å². The zero-order valence-electron chi connectivity index (χ0n) is 14.9. The first kappa shape index (κ1) is 19.1. The van der Waals surface area contributed by atoms with E-state index in [-0.39, 0.29) is 0 Å². The maximum Gasteiger partial charge on any atom is 0.312 e. The minimum atomic E-state index is -0.571. The predicted molar refractivity (Wildman–Crippen MR) is 92.9 cm³/mol. The molecule has 0 bridgehead atoms. The van der Waals surface area contributed by atoms with Crippen molar-refractivity contribution in [1.29, 1.82) is 0 Å². The van der Waals surface area contributed by atoms with Crippen LogP contribution in [0, 0.1) is 0 Å². The highest BCUT2D eigenvalue weighted by Crippen LogP contribution is 2.28. The molecule has 1 heterocycles. The molecule has 0 spiro atoms. The summed E-state index contributed by atoms with van der Waals surface area (Å²) < 4.78 is 16.3. The zero-order chi connectivity index (χ0) is 18.1. The maximum atomic E-state index is 12.0. The fourth-order valence-electron chi connectivity index (χ4n) is 2.56. The van der Waals surface area contributed by atoms with Crippen molar-refractivity contribution < 1.29 is 23.8 Å². The molecular formula is C18H26N2O5. The van der Waals surface area contributed by atoms with Gasteiger partial charge < -0.3 is 24.4 Å². The van der Waals surface area contributed by atoms with E-state index < -0.39 is 11.8 Å². The number of carbonyl (C=O) groups excluding carboxylic acids is 2. The van der Waals surface area contributed by atoms with Gasteiger partial charge in [0, 0.05) is 19.6 Å². The van der Waals surface area contributed by atoms with Crippen molar-refractivity contribution in [2.45, 2.75) is 20.3 Å². The predicted octanol–water partition coefficient (Wildman–Crippen LogP) is 1.00. The van der Waals surface area contributed by atoms with E-state index in [1.54, 1.807) is 0 Å². The van der Waals surface area contributed by atoms with E-state index in [4.69, 9.17) is 14.2 Å². The molecule has 1 aromatic rings. The third kappa shape index (κ3) is 5.63. The number of carbonyl (C=O) groups is 2. The van der Waals surface area contributed by atoms with Crippen LogP contribution in [0.15, 0.2) is 18.2 Å². The first-order valence-corrected chi connectivity index (χ1v) is 8.69. The van der Waals surface area contributed by atoms with Gasteiger partial charge in [-0.25, -0.2) is 0 Å². The summed E-state index contributed by atoms with van der Waals surface area (Å²) >= 11 is 0. The van der Waals surface area contributed by atoms with E-state index in [9.17, 15) is 9.59 Å². The highest BCUT2D eigenvalue weighted by atomic mass is 16.5. The number of ether oxygens (including phenoxy) is 3. The zero-order valence-corrected chi connectivity index (χ0v) is 14.9. The number of hydrogen-bond acceptors (Lipinski definition) is 5. The molecule has 1 aliphatic rings. The SMILES string of the molecule is CCOc1ccc(CCNC(=O)C(=O)N2CCOCC2)cc1OCC. The number of amides is 2. The molecule has 2 rings (SSSR count). The minimum Gasteiger partial charge on any atom is -0.490 e. The normalized spacial score (nSPS) is 14.1. The second-order valence-corrected chi connectivity index (χ2v) is 5.56. The summed E-state index contributed by atoms with van der Waals surface area (Å²) in [5.41, 5.74) is 1.01. The lowest BCUT2D eigenvalue weighted by Gasteiger charge is -2.26. The van der Waals surface area contributed by atoms with E-state index in [1.165, 1.54) is 4.90 Å². The van der Waals surface area contributed by atoms with Crippen molar-refractivity contribution in [1.82, 2.24) is 10.2 Å². The van der Waals surface area contributed by atoms with Gasteiger partial charge in [-0.1, -0.05) is 6.07 Å². The summed E-state index contributed by atoms with van der Waals surface area (Å²) in [5.74, 6) is 0.333. The van der Waals surface area contributed by atoms with E-state index in [0.717, 1.165) is 5.56 Å². The molecule has 0 unspecified atom stereocenters. The van der Waals surface area contributed by atoms with E-state index in [1.807, 2.05) is 32.0 Å². The Labute approximate surface area is 148 Å². The molecule has 1 N–H and O–H groups in total. The van der Waals surface area contributed by atoms with Gasteiger partial charge in [0.2, 0.25) is 0 Å². The highest BCUT2D eigenvalue weighted by molar-refractivity contribution is 6.35. The number of rotatable bonds is 7. The van der Waals surface area contributed by atoms with E-state index >= 15 is 0 Å². The first-order chi connectivity index (χ1) is 12.2. The molecule has 1 aliphatic heterocycles. The van der Waals surface area contributed by atoms with Gasteiger partial charge in [-0.3, -0.25) is 9.59 Å². The average Bonchev–Trinajstić information content (AvgIpc) is 2.64. The standard InChI is InChI=1S/C18H26N2O5/c1-3-24-15-6-5-14(13-16(15)25-4-2)7-8-19-17(21)18(22)20-9-11-23-12-10-20/h5-6,13H,3-4,7-12H2,1-2H3,(H,19,21). The molecule has 138 valence electrons. The number of benzene rings is 1. The van der Waals surface area contributed by atoms with Gasteiger partial charge in [-0.15, -0.1) is 0 Å². The van der Waals surface area contributed by atoms with Gasteiger partial charge in [-0.05, 0) is 38.0 Å². The van der Waals surface area contributed by atoms with Crippen LogP contribution in [0.1, 0.15) is 19.4 Å². The van der Waals surface area contributed by atoms with E-state index in [0.29, 0.717) is 64.0 Å². The quantitative estimate of drug-likeness (QED) is 0.743. The van der Waals surface area contributed by atoms with Gasteiger partial charge in [0.15, 0.2) is 11.5 Å². The fourth-order valence-corrected chi connectivity index (χ4v) is 2.56. The van der Waals surface area contributed by atoms with Gasteiger partial charge in [0.05, 0.1) is 26.4 Å². The molecule has 2 amide bonds. The average molecular weight is 350 g/mol. The Kier molecular flexibility index (Phi) is 7.53. The van der Waals surface area contributed by atoms with Crippen molar-refractivity contribution in [3.63, 3.8) is 0 Å². The second kappa shape index (κ2) is 9.88. The molecule has 0 saturated carbocycles. The maximum absolute atomic E-state index is 12.0. The van der Waals surface area contributed by atoms with Crippen LogP contribution < -0.4 is 14.8 Å². The molecule has 1 aromatic carbocycles. The number of nitrogens with zero attached hydrogens (tertiary/aromatic N) is 1. The summed E-state index contributed by atoms with van der Waals surface area (Å²) in [7, 11) is 0. The van der Waals surface area contributed by atoms with Crippen LogP contribution >= 0.6 is 0 Å². The number of hydrogen-bond donors (Lipinski definition) is 1. The molecule has 0 aliphatic carbocycles. The molecule has 7 heteroatoms. The molecule has 0 radical (unpaired) electrons. The van der Waals surface area contributed by atoms with Crippen LogP contribution in [-0.2, 0) is 20.7 Å². The summed E-state index contributed by atoms with van der Waals surface area (Å²) in [6.45, 7) is 7.22. The lowest BCUT2D eigenvalue weighted by atomic mass is 10.1. The molecule has 25 heavy (non-hydrogen) atoms. The van der Waals surface area contributed by atoms with Crippen molar-refractivity contribution in [2.24, 2.45) is 0 Å². The van der Waals surface area contributed by atoms with Crippen LogP contribution in [0.3, 0.4) is 0 Å². The van der Waals surface area contributed by atoms with Crippen molar-refractivity contribution in [3.05, 3.63) is 23.8 Å². The number of morpholine rings is 1. The Morgan fingerprint density at radius 1 is 1.12 bits per heavy atom.